The number of hydrogen-bond donors (Lipinski definition) is 2. The summed E-state index contributed by atoms with van der Waals surface area (Å²) in [7, 11) is -3.92. The predicted molar refractivity (Wildman–Crippen MR) is 133 cm³/mol. The molecule has 188 valence electrons. The first-order valence-electron chi connectivity index (χ1n) is 11.0. The van der Waals surface area contributed by atoms with E-state index in [0.29, 0.717) is 16.5 Å². The number of amides is 1. The third-order valence-corrected chi connectivity index (χ3v) is 7.30. The lowest BCUT2D eigenvalue weighted by Gasteiger charge is -2.23. The summed E-state index contributed by atoms with van der Waals surface area (Å²) in [6, 6.07) is 14.6. The van der Waals surface area contributed by atoms with Gasteiger partial charge in [0.1, 0.15) is 18.3 Å². The second-order valence-electron chi connectivity index (χ2n) is 8.15. The van der Waals surface area contributed by atoms with Crippen LogP contribution in [0.4, 0.5) is 0 Å². The number of nitrogens with one attached hydrogen (secondary N) is 2. The van der Waals surface area contributed by atoms with Crippen molar-refractivity contribution >= 4 is 39.2 Å². The number of carbonyl (C=O) groups is 2. The number of sulfonamides is 1. The maximum Gasteiger partial charge on any atom is 0.321 e. The van der Waals surface area contributed by atoms with Crippen molar-refractivity contribution in [2.24, 2.45) is 0 Å². The summed E-state index contributed by atoms with van der Waals surface area (Å²) < 4.78 is 37.7. The molecule has 3 aromatic rings. The van der Waals surface area contributed by atoms with Crippen molar-refractivity contribution in [3.8, 4) is 0 Å². The zero-order valence-corrected chi connectivity index (χ0v) is 21.1. The van der Waals surface area contributed by atoms with Gasteiger partial charge in [-0.05, 0) is 73.0 Å². The normalized spacial score (nSPS) is 15.4. The van der Waals surface area contributed by atoms with Crippen molar-refractivity contribution in [2.45, 2.75) is 24.8 Å². The second-order valence-corrected chi connectivity index (χ2v) is 10.4. The van der Waals surface area contributed by atoms with Crippen LogP contribution in [-0.2, 0) is 24.3 Å². The lowest BCUT2D eigenvalue weighted by atomic mass is 10.1. The third-order valence-electron chi connectivity index (χ3n) is 5.65. The molecule has 0 saturated carbocycles. The number of benzene rings is 2. The number of hydrazine groups is 1. The summed E-state index contributed by atoms with van der Waals surface area (Å²) in [5, 5.41) is 1.86. The standard InChI is InChI=1S/C25H24ClN3O6S/c1-16-5-10-20(12-17(16)2)36(32,33)27-14-25(31)35-15-24(30)29-22(23-4-3-11-34-23)13-21(28-29)18-6-8-19(26)9-7-18/h3-13,22,27-28H,14-15H2,1-2H3. The number of hydrogen-bond acceptors (Lipinski definition) is 7. The lowest BCUT2D eigenvalue weighted by Crippen LogP contribution is -2.42. The number of aryl methyl sites for hydroxylation is 2. The van der Waals surface area contributed by atoms with E-state index < -0.39 is 41.1 Å². The van der Waals surface area contributed by atoms with Crippen LogP contribution in [0.2, 0.25) is 5.02 Å². The van der Waals surface area contributed by atoms with Gasteiger partial charge >= 0.3 is 5.97 Å². The summed E-state index contributed by atoms with van der Waals surface area (Å²) in [4.78, 5) is 25.2. The van der Waals surface area contributed by atoms with E-state index in [9.17, 15) is 18.0 Å². The Morgan fingerprint density at radius 2 is 1.86 bits per heavy atom. The van der Waals surface area contributed by atoms with Gasteiger partial charge in [0.25, 0.3) is 5.91 Å². The highest BCUT2D eigenvalue weighted by molar-refractivity contribution is 7.89. The van der Waals surface area contributed by atoms with E-state index in [0.717, 1.165) is 16.7 Å². The molecule has 1 unspecified atom stereocenters. The van der Waals surface area contributed by atoms with Gasteiger partial charge < -0.3 is 9.15 Å². The number of furan rings is 1. The van der Waals surface area contributed by atoms with Crippen LogP contribution in [0.25, 0.3) is 5.70 Å². The minimum Gasteiger partial charge on any atom is -0.467 e. The summed E-state index contributed by atoms with van der Waals surface area (Å²) >= 11 is 5.97. The van der Waals surface area contributed by atoms with Crippen LogP contribution in [0.1, 0.15) is 28.5 Å². The summed E-state index contributed by atoms with van der Waals surface area (Å²) in [6.45, 7) is 2.44. The number of esters is 1. The Bertz CT molecular complexity index is 1400. The van der Waals surface area contributed by atoms with Gasteiger partial charge in [-0.25, -0.2) is 13.4 Å². The fourth-order valence-electron chi connectivity index (χ4n) is 3.53. The van der Waals surface area contributed by atoms with Crippen LogP contribution >= 0.6 is 11.6 Å². The van der Waals surface area contributed by atoms with Crippen LogP contribution in [0.15, 0.2) is 76.2 Å². The molecule has 0 aliphatic carbocycles. The monoisotopic (exact) mass is 529 g/mol. The molecule has 2 N–H and O–H groups in total. The van der Waals surface area contributed by atoms with Crippen LogP contribution in [0.3, 0.4) is 0 Å². The fourth-order valence-corrected chi connectivity index (χ4v) is 4.71. The zero-order valence-electron chi connectivity index (χ0n) is 19.5. The van der Waals surface area contributed by atoms with Crippen molar-refractivity contribution in [3.05, 3.63) is 94.4 Å². The van der Waals surface area contributed by atoms with E-state index in [1.54, 1.807) is 55.5 Å². The topological polar surface area (TPSA) is 118 Å². The fraction of sp³-hybridized carbons (Fsp3) is 0.200. The van der Waals surface area contributed by atoms with Crippen molar-refractivity contribution in [3.63, 3.8) is 0 Å². The molecular formula is C25H24ClN3O6S. The highest BCUT2D eigenvalue weighted by Gasteiger charge is 2.33. The first kappa shape index (κ1) is 25.5. The van der Waals surface area contributed by atoms with E-state index in [4.69, 9.17) is 20.8 Å². The largest absolute Gasteiger partial charge is 0.467 e. The Morgan fingerprint density at radius 1 is 1.11 bits per heavy atom. The van der Waals surface area contributed by atoms with E-state index in [1.165, 1.54) is 23.4 Å². The van der Waals surface area contributed by atoms with Crippen molar-refractivity contribution < 1.29 is 27.2 Å². The molecule has 0 bridgehead atoms. The Morgan fingerprint density at radius 3 is 2.53 bits per heavy atom. The Labute approximate surface area is 213 Å². The molecule has 36 heavy (non-hydrogen) atoms. The molecule has 0 spiro atoms. The number of nitrogens with zero attached hydrogens (tertiary/aromatic N) is 1. The van der Waals surface area contributed by atoms with Gasteiger partial charge in [-0.15, -0.1) is 0 Å². The maximum atomic E-state index is 12.9. The second kappa shape index (κ2) is 10.6. The Kier molecular flexibility index (Phi) is 7.48. The molecular weight excluding hydrogens is 506 g/mol. The van der Waals surface area contributed by atoms with Crippen LogP contribution in [0, 0.1) is 13.8 Å². The van der Waals surface area contributed by atoms with Crippen LogP contribution in [0.5, 0.6) is 0 Å². The Balaban J connectivity index is 1.37. The van der Waals surface area contributed by atoms with E-state index in [-0.39, 0.29) is 4.90 Å². The number of carbonyl (C=O) groups excluding carboxylic acids is 2. The first-order chi connectivity index (χ1) is 17.1. The zero-order chi connectivity index (χ0) is 25.9. The summed E-state index contributed by atoms with van der Waals surface area (Å²) in [5.41, 5.74) is 6.21. The Hall–Kier alpha value is -3.60. The number of ether oxygens (including phenoxy) is 1. The van der Waals surface area contributed by atoms with Gasteiger partial charge in [0.15, 0.2) is 6.61 Å². The highest BCUT2D eigenvalue weighted by Crippen LogP contribution is 2.32. The predicted octanol–water partition coefficient (Wildman–Crippen LogP) is 3.50. The van der Waals surface area contributed by atoms with Crippen molar-refractivity contribution in [1.82, 2.24) is 15.2 Å². The number of halogens is 1. The average Bonchev–Trinajstić information content (AvgIpc) is 3.54. The molecule has 1 aliphatic heterocycles. The average molecular weight is 530 g/mol. The molecule has 9 nitrogen and oxygen atoms in total. The molecule has 0 fully saturated rings. The molecule has 2 heterocycles. The smallest absolute Gasteiger partial charge is 0.321 e. The van der Waals surface area contributed by atoms with Gasteiger partial charge in [-0.3, -0.25) is 15.0 Å². The quantitative estimate of drug-likeness (QED) is 0.429. The van der Waals surface area contributed by atoms with Gasteiger partial charge in [-0.2, -0.15) is 4.72 Å². The van der Waals surface area contributed by atoms with Gasteiger partial charge in [-0.1, -0.05) is 29.8 Å². The molecule has 1 aromatic heterocycles. The van der Waals surface area contributed by atoms with Crippen LogP contribution < -0.4 is 10.1 Å². The molecule has 11 heteroatoms. The maximum absolute atomic E-state index is 12.9. The SMILES string of the molecule is Cc1ccc(S(=O)(=O)NCC(=O)OCC(=O)N2NC(c3ccc(Cl)cc3)=CC2c2ccco2)cc1C. The van der Waals surface area contributed by atoms with Crippen LogP contribution in [-0.4, -0.2) is 38.5 Å². The summed E-state index contributed by atoms with van der Waals surface area (Å²) in [5.74, 6) is -0.940. The molecule has 1 aliphatic rings. The molecule has 1 amide bonds. The first-order valence-corrected chi connectivity index (χ1v) is 12.8. The molecule has 1 atom stereocenters. The minimum atomic E-state index is -3.92. The molecule has 0 saturated heterocycles. The molecule has 0 radical (unpaired) electrons. The van der Waals surface area contributed by atoms with Crippen molar-refractivity contribution in [1.29, 1.82) is 0 Å². The highest BCUT2D eigenvalue weighted by atomic mass is 35.5. The minimum absolute atomic E-state index is 0.0397. The lowest BCUT2D eigenvalue weighted by molar-refractivity contribution is -0.152. The van der Waals surface area contributed by atoms with E-state index >= 15 is 0 Å². The molecule has 4 rings (SSSR count). The van der Waals surface area contributed by atoms with Gasteiger partial charge in [0.2, 0.25) is 10.0 Å². The van der Waals surface area contributed by atoms with E-state index in [1.807, 2.05) is 6.92 Å². The molecule has 2 aromatic carbocycles. The van der Waals surface area contributed by atoms with E-state index in [2.05, 4.69) is 10.1 Å². The van der Waals surface area contributed by atoms with Gasteiger partial charge in [0.05, 0.1) is 16.9 Å². The summed E-state index contributed by atoms with van der Waals surface area (Å²) in [6.07, 6.45) is 3.30. The van der Waals surface area contributed by atoms with Crippen molar-refractivity contribution in [2.75, 3.05) is 13.2 Å². The van der Waals surface area contributed by atoms with Gasteiger partial charge in [0, 0.05) is 5.02 Å². The number of rotatable bonds is 8. The third kappa shape index (κ3) is 5.78.